The number of carboxylic acids is 1. The number of halogens is 3. The van der Waals surface area contributed by atoms with E-state index >= 15 is 0 Å². The van der Waals surface area contributed by atoms with Crippen molar-refractivity contribution in [1.82, 2.24) is 65.2 Å². The number of hydroxylamine groups is 8. The van der Waals surface area contributed by atoms with Gasteiger partial charge in [-0.3, -0.25) is 67.4 Å². The van der Waals surface area contributed by atoms with Crippen molar-refractivity contribution in [2.24, 2.45) is 0 Å². The quantitative estimate of drug-likeness (QED) is 0.0477. The maximum absolute atomic E-state index is 12.3. The second-order valence-electron chi connectivity index (χ2n) is 29.9. The number of urea groups is 1. The molecular formula is C88H116F3N13O27P6. The zero-order valence-electron chi connectivity index (χ0n) is 77.9. The summed E-state index contributed by atoms with van der Waals surface area (Å²) in [6.07, 6.45) is 11.2. The summed E-state index contributed by atoms with van der Waals surface area (Å²) in [7, 11) is 19.2. The molecular weight excluding hydrogens is 1910 g/mol. The van der Waals surface area contributed by atoms with Gasteiger partial charge in [-0.15, -0.1) is 58.7 Å². The Balaban J connectivity index is 0.000000535. The number of barbiturate groups is 1. The van der Waals surface area contributed by atoms with Gasteiger partial charge < -0.3 is 73.6 Å². The normalized spacial score (nSPS) is 19.0. The number of nitrogens with one attached hydrogen (secondary N) is 2. The minimum atomic E-state index is -5.08. The molecule has 40 nitrogen and oxygen atoms in total. The first-order chi connectivity index (χ1) is 64.8. The van der Waals surface area contributed by atoms with Gasteiger partial charge in [0.25, 0.3) is 47.3 Å². The van der Waals surface area contributed by atoms with Crippen molar-refractivity contribution in [3.05, 3.63) is 25.3 Å². The molecule has 3 spiro atoms. The van der Waals surface area contributed by atoms with Crippen molar-refractivity contribution in [3.8, 4) is 108 Å². The highest BCUT2D eigenvalue weighted by Crippen LogP contribution is 2.86. The summed E-state index contributed by atoms with van der Waals surface area (Å²) in [6, 6.07) is -0.180. The molecule has 0 saturated carbocycles. The third-order valence-corrected chi connectivity index (χ3v) is 42.2. The van der Waals surface area contributed by atoms with E-state index in [0.29, 0.717) is 81.4 Å². The number of nitrogens with zero attached hydrogens (tertiary/aromatic N) is 11. The summed E-state index contributed by atoms with van der Waals surface area (Å²) in [4.78, 5) is 220. The molecule has 7 unspecified atom stereocenters. The number of likely N-dealkylation sites (tertiary alicyclic amines) is 2. The minimum absolute atomic E-state index is 0.0249. The lowest BCUT2D eigenvalue weighted by Gasteiger charge is -2.38. The average molecular weight is 2030 g/mol. The van der Waals surface area contributed by atoms with Crippen LogP contribution in [0.3, 0.4) is 0 Å². The Hall–Kier alpha value is -11.4. The van der Waals surface area contributed by atoms with E-state index in [-0.39, 0.29) is 124 Å². The summed E-state index contributed by atoms with van der Waals surface area (Å²) in [5.74, 6) is 30.6. The van der Waals surface area contributed by atoms with E-state index in [0.717, 1.165) is 61.4 Å². The summed E-state index contributed by atoms with van der Waals surface area (Å²) >= 11 is 0. The second-order valence-corrected chi connectivity index (χ2v) is 49.6. The van der Waals surface area contributed by atoms with E-state index in [1.54, 1.807) is 38.9 Å². The number of carbonyl (C=O) groups is 17. The largest absolute Gasteiger partial charge is 0.560 e. The highest BCUT2D eigenvalue weighted by atomic mass is 33.0. The number of aliphatic carboxylic acids is 1. The first kappa shape index (κ1) is 122. The fourth-order valence-corrected chi connectivity index (χ4v) is 13.0. The molecule has 0 aliphatic carbocycles. The van der Waals surface area contributed by atoms with Crippen LogP contribution in [0.4, 0.5) is 41.9 Å². The molecule has 0 bridgehead atoms. The number of carboxylic acid groups (broad SMARTS) is 1. The smallest absolute Gasteiger partial charge is 0.475 e. The molecule has 0 aromatic carbocycles. The molecule has 11 rings (SSSR count). The third kappa shape index (κ3) is 43.5. The Bertz CT molecular complexity index is 4730. The zero-order valence-corrected chi connectivity index (χ0v) is 84.3. The van der Waals surface area contributed by atoms with Gasteiger partial charge >= 0.3 is 48.7 Å². The van der Waals surface area contributed by atoms with Crippen LogP contribution < -0.4 is 10.6 Å². The van der Waals surface area contributed by atoms with E-state index in [2.05, 4.69) is 190 Å². The molecule has 746 valence electrons. The van der Waals surface area contributed by atoms with E-state index in [1.807, 2.05) is 7.05 Å². The predicted octanol–water partition coefficient (Wildman–Crippen LogP) is 7.25. The van der Waals surface area contributed by atoms with Crippen LogP contribution in [0.1, 0.15) is 150 Å². The standard InChI is InChI=1S/C18H25N3O7.C14H21N3O5.C13H22N2O3.C11H4.C9H8N2O7.C9H4.C6H8N2O3.C6H15N.C2HF3O2.H8P6/c1-3-10-26-16(24)19(2)13-11-18(27-12-13)6-8-20(9-7-18)17(25)28-21-14(22)4-5-15(21)23;1-15-10-8-14(21-9-10)4-6-16(7-5-14)13(20)22-17-11(18)2-3-12(17)19;1-3-8-17-12(16)15(2)11-9-13(18-10-11)4-6-14-7-5-13;1-3-5-7-9-11-10-8-6-4-2;12-5-1-2-6(13)10(5)17-9(16)18-11-7(14)3-4-8(11)15;1-3-5-7-9-8-6-4-2;1-7-4(9)3-5(10)8(2)6(7)11;1-4-7(5-2)6-3;3-2(4,5)1(6)7;1-5(2)6(3)4/h3,13H,1,4-12H2,2H3;10,15H,2-9H2,1H3;3,11,14H,1,4-10H2,2H3;1H,2H3;1-4H2;1H,2H3;3H2,1-2H3;4-6H2,1-3H3;(H,6,7);1-4H2. The molecule has 3 N–H and O–H groups in total. The Kier molecular flexibility index (Phi) is 56.8. The first-order valence-electron chi connectivity index (χ1n) is 42.3. The molecule has 11 heterocycles. The van der Waals surface area contributed by atoms with E-state index in [9.17, 15) is 89.9 Å². The van der Waals surface area contributed by atoms with E-state index in [1.165, 1.54) is 54.5 Å². The van der Waals surface area contributed by atoms with Crippen molar-refractivity contribution < 1.29 is 143 Å². The number of likely N-dealkylation sites (N-methyl/N-ethyl adjacent to an activating group) is 3. The monoisotopic (exact) mass is 2030 g/mol. The predicted molar refractivity (Wildman–Crippen MR) is 506 cm³/mol. The number of hydrogen-bond acceptors (Lipinski definition) is 29. The van der Waals surface area contributed by atoms with Crippen LogP contribution in [0.25, 0.3) is 0 Å². The number of hydrogen-bond donors (Lipinski definition) is 3. The Morgan fingerprint density at radius 1 is 0.504 bits per heavy atom. The maximum Gasteiger partial charge on any atom is 0.560 e. The maximum atomic E-state index is 12.3. The van der Waals surface area contributed by atoms with Gasteiger partial charge in [0.05, 0.1) is 48.7 Å². The fourth-order valence-electron chi connectivity index (χ4n) is 13.0. The van der Waals surface area contributed by atoms with Gasteiger partial charge in [-0.05, 0) is 208 Å². The van der Waals surface area contributed by atoms with Gasteiger partial charge in [0, 0.05) is 112 Å². The molecule has 49 heteroatoms. The van der Waals surface area contributed by atoms with Crippen molar-refractivity contribution in [2.75, 3.05) is 127 Å². The Labute approximate surface area is 806 Å². The van der Waals surface area contributed by atoms with Gasteiger partial charge in [-0.25, -0.2) is 28.8 Å². The van der Waals surface area contributed by atoms with Gasteiger partial charge in [0.1, 0.15) is 19.6 Å². The molecule has 0 aromatic heterocycles. The number of alkyl halides is 3. The number of piperidine rings is 3. The fraction of sp³-hybridized carbons (Fsp3) is 0.557. The highest BCUT2D eigenvalue weighted by molar-refractivity contribution is 8.92. The second kappa shape index (κ2) is 63.9. The van der Waals surface area contributed by atoms with Gasteiger partial charge in [-0.1, -0.05) is 68.0 Å². The lowest BCUT2D eigenvalue weighted by atomic mass is 9.87. The van der Waals surface area contributed by atoms with Crippen LogP contribution in [0.5, 0.6) is 0 Å². The SMILES string of the molecule is C#CC#CC#CC#CC.C#CC#CC#CC#CC#CC.C=CCOC(=O)N(C)C1COC2(CCN(C(=O)ON3C(=O)CCC3=O)CC2)C1.C=CCOC(=O)N(C)C1COC2(CCNCC2)C1.CCN(CC)CC.CN1C(=O)CC(=O)N(C)C1=O.CNC1COC2(CCN(C(=O)ON3C(=O)CCC3=O)CC2)C1.O=C(O)C(F)(F)F.O=C(ON1C(=O)CCC1=O)ON1C(=O)CCC1=O.PP(P)P(P)P. The average Bonchev–Trinajstić information content (AvgIpc) is 1.64. The number of rotatable bonds is 15. The molecule has 11 aliphatic rings. The van der Waals surface area contributed by atoms with Crippen molar-refractivity contribution in [1.29, 1.82) is 0 Å². The van der Waals surface area contributed by atoms with E-state index < -0.39 is 107 Å². The zero-order chi connectivity index (χ0) is 103. The third-order valence-electron chi connectivity index (χ3n) is 20.9. The van der Waals surface area contributed by atoms with Crippen molar-refractivity contribution in [3.63, 3.8) is 0 Å². The van der Waals surface area contributed by atoms with Crippen molar-refractivity contribution >= 4 is 151 Å². The topological polar surface area (TPSA) is 453 Å². The van der Waals surface area contributed by atoms with Crippen LogP contribution in [0, 0.1) is 108 Å². The molecule has 11 aliphatic heterocycles. The van der Waals surface area contributed by atoms with Crippen LogP contribution in [-0.2, 0) is 95.8 Å². The molecule has 7 atom stereocenters. The van der Waals surface area contributed by atoms with E-state index in [4.69, 9.17) is 56.1 Å². The van der Waals surface area contributed by atoms with Crippen LogP contribution in [0.15, 0.2) is 25.3 Å². The highest BCUT2D eigenvalue weighted by Gasteiger charge is 2.49. The lowest BCUT2D eigenvalue weighted by molar-refractivity contribution is -0.198. The molecule has 11 saturated heterocycles. The number of amides is 16. The number of imide groups is 6. The van der Waals surface area contributed by atoms with Crippen LogP contribution in [0.2, 0.25) is 0 Å². The number of ether oxygens (including phenoxy) is 5. The summed E-state index contributed by atoms with van der Waals surface area (Å²) in [5.41, 5.74) is -0.597. The lowest BCUT2D eigenvalue weighted by Crippen LogP contribution is -2.51. The molecule has 0 aromatic rings. The van der Waals surface area contributed by atoms with Gasteiger partial charge in [0.15, 0.2) is 0 Å². The van der Waals surface area contributed by atoms with Crippen molar-refractivity contribution in [2.45, 2.75) is 191 Å². The van der Waals surface area contributed by atoms with Gasteiger partial charge in [0.2, 0.25) is 11.8 Å². The Morgan fingerprint density at radius 2 is 0.796 bits per heavy atom. The van der Waals surface area contributed by atoms with Gasteiger partial charge in [-0.2, -0.15) is 18.0 Å². The molecule has 137 heavy (non-hydrogen) atoms. The summed E-state index contributed by atoms with van der Waals surface area (Å²) in [5, 5.41) is 15.3. The summed E-state index contributed by atoms with van der Waals surface area (Å²) < 4.78 is 59.7. The number of carbonyl (C=O) groups excluding carboxylic acids is 16. The van der Waals surface area contributed by atoms with Crippen LogP contribution >= 0.6 is 49.7 Å². The Morgan fingerprint density at radius 3 is 1.07 bits per heavy atom. The molecule has 0 radical (unpaired) electrons. The minimum Gasteiger partial charge on any atom is -0.475 e. The van der Waals surface area contributed by atoms with Crippen LogP contribution in [-0.4, -0.2) is 330 Å². The number of terminal acetylenes is 2. The molecule has 11 fully saturated rings. The first-order valence-corrected chi connectivity index (χ1v) is 52.2. The molecule has 16 amide bonds. The summed E-state index contributed by atoms with van der Waals surface area (Å²) in [6.45, 7) is 26.8.